The topological polar surface area (TPSA) is 131 Å². The van der Waals surface area contributed by atoms with Gasteiger partial charge >= 0.3 is 23.1 Å². The molecule has 0 aliphatic heterocycles. The second-order valence-corrected chi connectivity index (χ2v) is 8.97. The second-order valence-electron chi connectivity index (χ2n) is 8.97. The zero-order valence-electron chi connectivity index (χ0n) is 21.0. The highest BCUT2D eigenvalue weighted by Crippen LogP contribution is 2.32. The van der Waals surface area contributed by atoms with Gasteiger partial charge in [-0.1, -0.05) is 18.2 Å². The van der Waals surface area contributed by atoms with Crippen molar-refractivity contribution in [3.63, 3.8) is 0 Å². The van der Waals surface area contributed by atoms with E-state index in [1.807, 2.05) is 0 Å². The van der Waals surface area contributed by atoms with E-state index in [0.29, 0.717) is 16.7 Å². The van der Waals surface area contributed by atoms with Crippen molar-refractivity contribution in [1.29, 1.82) is 0 Å². The molecule has 0 fully saturated rings. The number of aromatic nitrogens is 4. The maximum Gasteiger partial charge on any atom is 0.416 e. The zero-order chi connectivity index (χ0) is 29.1. The Hall–Kier alpha value is -5.40. The first-order valence-electron chi connectivity index (χ1n) is 12.0. The number of rotatable bonds is 9. The Balaban J connectivity index is 1.55. The maximum absolute atomic E-state index is 13.5. The first-order chi connectivity index (χ1) is 19.6. The summed E-state index contributed by atoms with van der Waals surface area (Å²) in [6, 6.07) is 8.20. The minimum Gasteiger partial charge on any atom is -0.472 e. The molecule has 14 heteroatoms. The predicted octanol–water partition coefficient (Wildman–Crippen LogP) is 4.63. The lowest BCUT2D eigenvalue weighted by Crippen LogP contribution is -2.42. The largest absolute Gasteiger partial charge is 0.472 e. The lowest BCUT2D eigenvalue weighted by Gasteiger charge is -2.13. The second kappa shape index (κ2) is 11.0. The molecule has 11 nitrogen and oxygen atoms in total. The number of nitro groups is 1. The van der Waals surface area contributed by atoms with Crippen molar-refractivity contribution in [2.45, 2.75) is 25.8 Å². The van der Waals surface area contributed by atoms with Crippen LogP contribution in [0.15, 0.2) is 92.3 Å². The molecule has 0 saturated carbocycles. The van der Waals surface area contributed by atoms with E-state index in [1.165, 1.54) is 78.5 Å². The van der Waals surface area contributed by atoms with Crippen molar-refractivity contribution in [3.8, 4) is 0 Å². The Morgan fingerprint density at radius 1 is 0.927 bits per heavy atom. The smallest absolute Gasteiger partial charge is 0.416 e. The van der Waals surface area contributed by atoms with E-state index in [2.05, 4.69) is 5.10 Å². The molecular formula is C27H20F3N5O6. The van der Waals surface area contributed by atoms with E-state index in [9.17, 15) is 32.9 Å². The molecule has 0 aliphatic rings. The fourth-order valence-electron chi connectivity index (χ4n) is 4.30. The molecule has 0 spiro atoms. The van der Waals surface area contributed by atoms with Crippen molar-refractivity contribution < 1.29 is 26.9 Å². The quantitative estimate of drug-likeness (QED) is 0.187. The minimum atomic E-state index is -4.54. The van der Waals surface area contributed by atoms with Gasteiger partial charge in [0.05, 0.1) is 61.4 Å². The normalized spacial score (nSPS) is 11.9. The van der Waals surface area contributed by atoms with Crippen LogP contribution in [0.2, 0.25) is 0 Å². The molecule has 210 valence electrons. The van der Waals surface area contributed by atoms with Crippen LogP contribution < -0.4 is 11.2 Å². The number of nitrogens with zero attached hydrogens (tertiary/aromatic N) is 5. The molecule has 0 bridgehead atoms. The van der Waals surface area contributed by atoms with Gasteiger partial charge < -0.3 is 8.83 Å². The molecule has 5 rings (SSSR count). The number of benzene rings is 1. The van der Waals surface area contributed by atoms with Gasteiger partial charge in [0.15, 0.2) is 0 Å². The standard InChI is InChI=1S/C27H20F3N5O6/c28-27(29,30)22-4-2-1-3-21(22)15-32-12-18(11-31-32)5-6-23-24(35(38)39)25(36)34(14-20-8-10-41-17-20)26(37)33(23)13-19-7-9-40-16-19/h1-12,16-17H,13-15H2/b6-5+. The molecule has 0 amide bonds. The van der Waals surface area contributed by atoms with Crippen molar-refractivity contribution in [1.82, 2.24) is 18.9 Å². The predicted molar refractivity (Wildman–Crippen MR) is 139 cm³/mol. The van der Waals surface area contributed by atoms with E-state index in [4.69, 9.17) is 8.83 Å². The van der Waals surface area contributed by atoms with Crippen LogP contribution in [0.3, 0.4) is 0 Å². The summed E-state index contributed by atoms with van der Waals surface area (Å²) in [5.74, 6) is 0. The highest BCUT2D eigenvalue weighted by Gasteiger charge is 2.33. The minimum absolute atomic E-state index is 0.00412. The molecule has 0 N–H and O–H groups in total. The Labute approximate surface area is 228 Å². The van der Waals surface area contributed by atoms with Gasteiger partial charge in [-0.15, -0.1) is 0 Å². The molecule has 0 atom stereocenters. The first-order valence-corrected chi connectivity index (χ1v) is 12.0. The SMILES string of the molecule is O=c1c([N+](=O)[O-])c(/C=C/c2cnn(Cc3ccccc3C(F)(F)F)c2)n(Cc2ccoc2)c(=O)n1Cc1ccoc1. The average molecular weight is 567 g/mol. The third-order valence-corrected chi connectivity index (χ3v) is 6.21. The van der Waals surface area contributed by atoms with Crippen LogP contribution in [0, 0.1) is 10.1 Å². The lowest BCUT2D eigenvalue weighted by atomic mass is 10.1. The van der Waals surface area contributed by atoms with Gasteiger partial charge in [0.2, 0.25) is 0 Å². The van der Waals surface area contributed by atoms with Gasteiger partial charge in [0.1, 0.15) is 5.69 Å². The number of alkyl halides is 3. The Kier molecular flexibility index (Phi) is 7.29. The Bertz CT molecular complexity index is 1830. The summed E-state index contributed by atoms with van der Waals surface area (Å²) in [5.41, 5.74) is -2.47. The van der Waals surface area contributed by atoms with Gasteiger partial charge in [-0.3, -0.25) is 24.2 Å². The number of halogens is 3. The van der Waals surface area contributed by atoms with Gasteiger partial charge in [-0.05, 0) is 35.9 Å². The number of hydrogen-bond donors (Lipinski definition) is 0. The van der Waals surface area contributed by atoms with Gasteiger partial charge in [0.25, 0.3) is 0 Å². The third kappa shape index (κ3) is 5.80. The average Bonchev–Trinajstić information content (AvgIpc) is 3.71. The van der Waals surface area contributed by atoms with Crippen LogP contribution in [0.1, 0.15) is 33.5 Å². The summed E-state index contributed by atoms with van der Waals surface area (Å²) < 4.78 is 53.3. The lowest BCUT2D eigenvalue weighted by molar-refractivity contribution is -0.387. The van der Waals surface area contributed by atoms with Crippen LogP contribution in [0.25, 0.3) is 12.2 Å². The van der Waals surface area contributed by atoms with E-state index >= 15 is 0 Å². The van der Waals surface area contributed by atoms with Crippen LogP contribution >= 0.6 is 0 Å². The van der Waals surface area contributed by atoms with Crippen molar-refractivity contribution in [2.24, 2.45) is 0 Å². The molecule has 0 unspecified atom stereocenters. The fraction of sp³-hybridized carbons (Fsp3) is 0.148. The molecule has 0 saturated heterocycles. The van der Waals surface area contributed by atoms with Crippen LogP contribution in [-0.4, -0.2) is 23.8 Å². The Morgan fingerprint density at radius 2 is 1.59 bits per heavy atom. The van der Waals surface area contributed by atoms with Crippen LogP contribution in [0.4, 0.5) is 18.9 Å². The number of furan rings is 2. The highest BCUT2D eigenvalue weighted by atomic mass is 19.4. The van der Waals surface area contributed by atoms with Crippen molar-refractivity contribution in [2.75, 3.05) is 0 Å². The molecule has 4 heterocycles. The summed E-state index contributed by atoms with van der Waals surface area (Å²) in [4.78, 5) is 37.9. The van der Waals surface area contributed by atoms with E-state index in [0.717, 1.165) is 15.2 Å². The summed E-state index contributed by atoms with van der Waals surface area (Å²) >= 11 is 0. The Morgan fingerprint density at radius 3 is 2.20 bits per heavy atom. The summed E-state index contributed by atoms with van der Waals surface area (Å²) in [6.07, 6.45) is 6.25. The molecule has 4 aromatic heterocycles. The number of hydrogen-bond acceptors (Lipinski definition) is 7. The van der Waals surface area contributed by atoms with Crippen molar-refractivity contribution in [3.05, 3.63) is 138 Å². The monoisotopic (exact) mass is 567 g/mol. The third-order valence-electron chi connectivity index (χ3n) is 6.21. The van der Waals surface area contributed by atoms with Crippen molar-refractivity contribution >= 4 is 17.8 Å². The van der Waals surface area contributed by atoms with E-state index in [1.54, 1.807) is 6.07 Å². The van der Waals surface area contributed by atoms with Gasteiger partial charge in [-0.2, -0.15) is 18.3 Å². The molecule has 0 aliphatic carbocycles. The van der Waals surface area contributed by atoms with Gasteiger partial charge in [0, 0.05) is 22.9 Å². The first kappa shape index (κ1) is 27.2. The molecule has 41 heavy (non-hydrogen) atoms. The molecule has 0 radical (unpaired) electrons. The zero-order valence-corrected chi connectivity index (χ0v) is 21.0. The fourth-order valence-corrected chi connectivity index (χ4v) is 4.30. The summed E-state index contributed by atoms with van der Waals surface area (Å²) in [7, 11) is 0. The summed E-state index contributed by atoms with van der Waals surface area (Å²) in [5, 5.41) is 16.2. The van der Waals surface area contributed by atoms with Crippen LogP contribution in [-0.2, 0) is 25.8 Å². The van der Waals surface area contributed by atoms with E-state index in [-0.39, 0.29) is 30.9 Å². The molecular weight excluding hydrogens is 547 g/mol. The summed E-state index contributed by atoms with van der Waals surface area (Å²) in [6.45, 7) is -0.579. The van der Waals surface area contributed by atoms with Gasteiger partial charge in [-0.25, -0.2) is 9.36 Å². The van der Waals surface area contributed by atoms with Crippen LogP contribution in [0.5, 0.6) is 0 Å². The molecule has 5 aromatic rings. The molecule has 1 aromatic carbocycles. The highest BCUT2D eigenvalue weighted by molar-refractivity contribution is 5.71. The maximum atomic E-state index is 13.5. The van der Waals surface area contributed by atoms with E-state index < -0.39 is 33.6 Å².